The third-order valence-electron chi connectivity index (χ3n) is 3.12. The van der Waals surface area contributed by atoms with Gasteiger partial charge in [-0.3, -0.25) is 15.2 Å². The second-order valence-electron chi connectivity index (χ2n) is 4.68. The average molecular weight is 301 g/mol. The molecule has 0 aliphatic carbocycles. The van der Waals surface area contributed by atoms with Crippen LogP contribution in [-0.2, 0) is 6.42 Å². The van der Waals surface area contributed by atoms with Crippen LogP contribution in [0.3, 0.4) is 0 Å². The zero-order valence-electron chi connectivity index (χ0n) is 11.6. The summed E-state index contributed by atoms with van der Waals surface area (Å²) in [5.74, 6) is -0.273. The van der Waals surface area contributed by atoms with E-state index in [1.165, 1.54) is 11.3 Å². The van der Waals surface area contributed by atoms with Crippen molar-refractivity contribution in [2.24, 2.45) is 0 Å². The number of nitrogens with zero attached hydrogens (tertiary/aromatic N) is 3. The van der Waals surface area contributed by atoms with Crippen LogP contribution in [0.25, 0.3) is 10.9 Å². The van der Waals surface area contributed by atoms with Crippen LogP contribution in [0.15, 0.2) is 24.3 Å². The number of fused-ring (bicyclic) bond motifs is 1. The average Bonchev–Trinajstić information content (AvgIpc) is 3.11. The summed E-state index contributed by atoms with van der Waals surface area (Å²) < 4.78 is 0. The molecule has 0 fully saturated rings. The fourth-order valence-corrected chi connectivity index (χ4v) is 2.80. The Kier molecular flexibility index (Phi) is 3.92. The number of rotatable bonds is 5. The molecule has 2 N–H and O–H groups in total. The van der Waals surface area contributed by atoms with Gasteiger partial charge in [0.05, 0.1) is 5.52 Å². The fraction of sp³-hybridized carbons (Fsp3) is 0.286. The Morgan fingerprint density at radius 1 is 1.33 bits per heavy atom. The summed E-state index contributed by atoms with van der Waals surface area (Å²) in [6.45, 7) is 2.13. The van der Waals surface area contributed by atoms with E-state index in [2.05, 4.69) is 32.6 Å². The predicted molar refractivity (Wildman–Crippen MR) is 82.6 cm³/mol. The second kappa shape index (κ2) is 6.01. The van der Waals surface area contributed by atoms with E-state index in [0.29, 0.717) is 10.8 Å². The summed E-state index contributed by atoms with van der Waals surface area (Å²) >= 11 is 1.41. The number of aromatic nitrogens is 4. The Bertz CT molecular complexity index is 763. The van der Waals surface area contributed by atoms with Crippen LogP contribution in [0.2, 0.25) is 0 Å². The maximum atomic E-state index is 12.3. The van der Waals surface area contributed by atoms with Crippen LogP contribution in [0.1, 0.15) is 35.3 Å². The van der Waals surface area contributed by atoms with E-state index < -0.39 is 0 Å². The molecule has 3 rings (SSSR count). The van der Waals surface area contributed by atoms with Crippen LogP contribution in [0, 0.1) is 0 Å². The summed E-state index contributed by atoms with van der Waals surface area (Å²) in [4.78, 5) is 12.3. The van der Waals surface area contributed by atoms with Gasteiger partial charge in [0, 0.05) is 11.8 Å². The van der Waals surface area contributed by atoms with Crippen LogP contribution < -0.4 is 5.32 Å². The highest BCUT2D eigenvalue weighted by molar-refractivity contribution is 7.15. The van der Waals surface area contributed by atoms with Gasteiger partial charge in [-0.2, -0.15) is 5.10 Å². The number of amides is 1. The maximum Gasteiger partial charge on any atom is 0.278 e. The number of H-pyrrole nitrogens is 1. The third kappa shape index (κ3) is 2.92. The molecular weight excluding hydrogens is 286 g/mol. The molecule has 0 unspecified atom stereocenters. The van der Waals surface area contributed by atoms with Crippen molar-refractivity contribution in [1.29, 1.82) is 0 Å². The molecule has 0 saturated heterocycles. The molecule has 3 aromatic rings. The minimum Gasteiger partial charge on any atom is -0.295 e. The highest BCUT2D eigenvalue weighted by Gasteiger charge is 2.15. The Morgan fingerprint density at radius 3 is 3.05 bits per heavy atom. The van der Waals surface area contributed by atoms with Crippen molar-refractivity contribution in [3.63, 3.8) is 0 Å². The van der Waals surface area contributed by atoms with Gasteiger partial charge in [-0.25, -0.2) is 0 Å². The molecule has 0 bridgehead atoms. The van der Waals surface area contributed by atoms with Gasteiger partial charge >= 0.3 is 0 Å². The largest absolute Gasteiger partial charge is 0.295 e. The number of nitrogens with one attached hydrogen (secondary N) is 2. The molecule has 0 spiro atoms. The number of benzene rings is 1. The number of carbonyl (C=O) groups is 1. The Labute approximate surface area is 125 Å². The normalized spacial score (nSPS) is 10.9. The van der Waals surface area contributed by atoms with Crippen LogP contribution in [0.4, 0.5) is 5.13 Å². The molecule has 1 aromatic carbocycles. The van der Waals surface area contributed by atoms with E-state index in [1.807, 2.05) is 24.3 Å². The maximum absolute atomic E-state index is 12.3. The highest BCUT2D eigenvalue weighted by Crippen LogP contribution is 2.20. The minimum absolute atomic E-state index is 0.273. The highest BCUT2D eigenvalue weighted by atomic mass is 32.1. The molecule has 6 nitrogen and oxygen atoms in total. The molecule has 0 aliphatic rings. The van der Waals surface area contributed by atoms with Crippen molar-refractivity contribution < 1.29 is 4.79 Å². The lowest BCUT2D eigenvalue weighted by atomic mass is 10.2. The Morgan fingerprint density at radius 2 is 2.19 bits per heavy atom. The first kappa shape index (κ1) is 13.7. The zero-order valence-corrected chi connectivity index (χ0v) is 12.4. The van der Waals surface area contributed by atoms with Gasteiger partial charge in [0.1, 0.15) is 5.01 Å². The van der Waals surface area contributed by atoms with Gasteiger partial charge in [-0.15, -0.1) is 10.2 Å². The van der Waals surface area contributed by atoms with E-state index in [1.54, 1.807) is 0 Å². The molecule has 1 amide bonds. The van der Waals surface area contributed by atoms with E-state index in [0.717, 1.165) is 35.2 Å². The number of para-hydroxylation sites is 1. The van der Waals surface area contributed by atoms with Crippen LogP contribution in [0.5, 0.6) is 0 Å². The number of anilines is 1. The molecule has 108 valence electrons. The van der Waals surface area contributed by atoms with E-state index in [-0.39, 0.29) is 5.91 Å². The van der Waals surface area contributed by atoms with E-state index in [4.69, 9.17) is 0 Å². The van der Waals surface area contributed by atoms with Crippen molar-refractivity contribution in [2.75, 3.05) is 5.32 Å². The molecule has 2 heterocycles. The SMILES string of the molecule is CCCCc1nnc(NC(=O)c2n[nH]c3ccccc23)s1. The molecule has 0 atom stereocenters. The second-order valence-corrected chi connectivity index (χ2v) is 5.74. The lowest BCUT2D eigenvalue weighted by Crippen LogP contribution is -2.12. The van der Waals surface area contributed by atoms with Crippen molar-refractivity contribution >= 4 is 33.3 Å². The molecular formula is C14H15N5OS. The van der Waals surface area contributed by atoms with Gasteiger partial charge in [0.2, 0.25) is 5.13 Å². The quantitative estimate of drug-likeness (QED) is 0.758. The number of unbranched alkanes of at least 4 members (excludes halogenated alkanes) is 1. The number of hydrogen-bond acceptors (Lipinski definition) is 5. The number of carbonyl (C=O) groups excluding carboxylic acids is 1. The van der Waals surface area contributed by atoms with Gasteiger partial charge < -0.3 is 0 Å². The predicted octanol–water partition coefficient (Wildman–Crippen LogP) is 3.01. The third-order valence-corrected chi connectivity index (χ3v) is 4.02. The first-order valence-electron chi connectivity index (χ1n) is 6.84. The molecule has 0 aliphatic heterocycles. The van der Waals surface area contributed by atoms with E-state index in [9.17, 15) is 4.79 Å². The summed E-state index contributed by atoms with van der Waals surface area (Å²) in [6.07, 6.45) is 3.09. The van der Waals surface area contributed by atoms with Crippen molar-refractivity contribution in [3.05, 3.63) is 35.0 Å². The summed E-state index contributed by atoms with van der Waals surface area (Å²) in [5, 5.41) is 20.0. The molecule has 7 heteroatoms. The van der Waals surface area contributed by atoms with Gasteiger partial charge in [-0.05, 0) is 12.5 Å². The fourth-order valence-electron chi connectivity index (χ4n) is 2.03. The minimum atomic E-state index is -0.273. The standard InChI is InChI=1S/C14H15N5OS/c1-2-3-8-11-17-19-14(21-11)15-13(20)12-9-6-4-5-7-10(9)16-18-12/h4-7H,2-3,8H2,1H3,(H,16,18)(H,15,19,20). The topological polar surface area (TPSA) is 83.6 Å². The molecule has 21 heavy (non-hydrogen) atoms. The molecule has 0 radical (unpaired) electrons. The van der Waals surface area contributed by atoms with Gasteiger partial charge in [-0.1, -0.05) is 42.9 Å². The summed E-state index contributed by atoms with van der Waals surface area (Å²) in [7, 11) is 0. The van der Waals surface area contributed by atoms with Gasteiger partial charge in [0.25, 0.3) is 5.91 Å². The van der Waals surface area contributed by atoms with Crippen molar-refractivity contribution in [3.8, 4) is 0 Å². The first-order valence-corrected chi connectivity index (χ1v) is 7.66. The lowest BCUT2D eigenvalue weighted by Gasteiger charge is -1.97. The lowest BCUT2D eigenvalue weighted by molar-refractivity contribution is 0.102. The van der Waals surface area contributed by atoms with Crippen LogP contribution in [-0.4, -0.2) is 26.3 Å². The number of hydrogen-bond donors (Lipinski definition) is 2. The number of aromatic amines is 1. The zero-order chi connectivity index (χ0) is 14.7. The van der Waals surface area contributed by atoms with Crippen LogP contribution >= 0.6 is 11.3 Å². The molecule has 2 aromatic heterocycles. The van der Waals surface area contributed by atoms with Gasteiger partial charge in [0.15, 0.2) is 5.69 Å². The summed E-state index contributed by atoms with van der Waals surface area (Å²) in [6, 6.07) is 7.52. The Hall–Kier alpha value is -2.28. The molecule has 0 saturated carbocycles. The van der Waals surface area contributed by atoms with E-state index >= 15 is 0 Å². The Balaban J connectivity index is 1.75. The first-order chi connectivity index (χ1) is 10.3. The smallest absolute Gasteiger partial charge is 0.278 e. The van der Waals surface area contributed by atoms with Crippen molar-refractivity contribution in [2.45, 2.75) is 26.2 Å². The summed E-state index contributed by atoms with van der Waals surface area (Å²) in [5.41, 5.74) is 1.21. The number of aryl methyl sites for hydroxylation is 1. The monoisotopic (exact) mass is 301 g/mol. The van der Waals surface area contributed by atoms with Crippen molar-refractivity contribution in [1.82, 2.24) is 20.4 Å².